The Balaban J connectivity index is 1.72. The molecular weight excluding hydrogens is 314 g/mol. The Hall–Kier alpha value is -2.63. The van der Waals surface area contributed by atoms with E-state index in [-0.39, 0.29) is 11.7 Å². The molecule has 0 fully saturated rings. The third kappa shape index (κ3) is 3.64. The number of benzene rings is 2. The zero-order valence-electron chi connectivity index (χ0n) is 13.3. The van der Waals surface area contributed by atoms with E-state index in [2.05, 4.69) is 5.32 Å². The fourth-order valence-corrected chi connectivity index (χ4v) is 2.79. The molecule has 0 unspecified atom stereocenters. The number of ether oxygens (including phenoxy) is 1. The lowest BCUT2D eigenvalue weighted by atomic mass is 10.00. The van der Waals surface area contributed by atoms with Crippen molar-refractivity contribution in [3.8, 4) is 5.75 Å². The second-order valence-electron chi connectivity index (χ2n) is 5.62. The molecule has 1 heterocycles. The number of anilines is 1. The Bertz CT molecular complexity index is 744. The van der Waals surface area contributed by atoms with Crippen LogP contribution < -0.4 is 10.1 Å². The van der Waals surface area contributed by atoms with E-state index in [4.69, 9.17) is 4.74 Å². The molecule has 0 aliphatic carbocycles. The molecule has 0 spiro atoms. The first-order valence-corrected chi connectivity index (χ1v) is 7.82. The van der Waals surface area contributed by atoms with Gasteiger partial charge in [0.05, 0.1) is 6.61 Å². The van der Waals surface area contributed by atoms with Crippen molar-refractivity contribution >= 4 is 11.7 Å². The monoisotopic (exact) mass is 332 g/mol. The van der Waals surface area contributed by atoms with E-state index in [1.807, 2.05) is 25.1 Å². The Labute approximate surface area is 139 Å². The molecule has 0 saturated heterocycles. The maximum Gasteiger partial charge on any atom is 0.322 e. The average molecular weight is 332 g/mol. The van der Waals surface area contributed by atoms with Crippen molar-refractivity contribution in [2.75, 3.05) is 18.5 Å². The van der Waals surface area contributed by atoms with E-state index in [9.17, 15) is 13.6 Å². The molecule has 3 rings (SSSR count). The van der Waals surface area contributed by atoms with Gasteiger partial charge in [0.25, 0.3) is 0 Å². The van der Waals surface area contributed by atoms with Crippen LogP contribution in [-0.4, -0.2) is 24.1 Å². The van der Waals surface area contributed by atoms with Gasteiger partial charge >= 0.3 is 6.03 Å². The molecule has 0 saturated carbocycles. The summed E-state index contributed by atoms with van der Waals surface area (Å²) in [4.78, 5) is 14.0. The highest BCUT2D eigenvalue weighted by atomic mass is 19.1. The van der Waals surface area contributed by atoms with Gasteiger partial charge in [-0.15, -0.1) is 0 Å². The maximum atomic E-state index is 13.2. The van der Waals surface area contributed by atoms with Crippen LogP contribution in [0.2, 0.25) is 0 Å². The highest BCUT2D eigenvalue weighted by molar-refractivity contribution is 5.89. The van der Waals surface area contributed by atoms with Gasteiger partial charge in [0.2, 0.25) is 0 Å². The normalized spacial score (nSPS) is 13.4. The molecule has 0 bridgehead atoms. The number of fused-ring (bicyclic) bond motifs is 1. The maximum absolute atomic E-state index is 13.2. The van der Waals surface area contributed by atoms with E-state index < -0.39 is 11.6 Å². The van der Waals surface area contributed by atoms with Crippen molar-refractivity contribution in [1.29, 1.82) is 0 Å². The SMILES string of the molecule is CCOc1ccc2c(c1)CN(C(=O)Nc1cc(F)cc(F)c1)CC2. The summed E-state index contributed by atoms with van der Waals surface area (Å²) in [6, 6.07) is 8.43. The quantitative estimate of drug-likeness (QED) is 0.924. The van der Waals surface area contributed by atoms with E-state index in [0.717, 1.165) is 35.9 Å². The Morgan fingerprint density at radius 3 is 2.62 bits per heavy atom. The van der Waals surface area contributed by atoms with Crippen LogP contribution >= 0.6 is 0 Å². The minimum absolute atomic E-state index is 0.103. The lowest BCUT2D eigenvalue weighted by Gasteiger charge is -2.29. The van der Waals surface area contributed by atoms with Crippen molar-refractivity contribution in [2.45, 2.75) is 19.9 Å². The van der Waals surface area contributed by atoms with E-state index in [0.29, 0.717) is 19.7 Å². The second kappa shape index (κ2) is 6.86. The van der Waals surface area contributed by atoms with Gasteiger partial charge in [-0.1, -0.05) is 6.07 Å². The predicted octanol–water partition coefficient (Wildman–Crippen LogP) is 3.95. The molecule has 1 N–H and O–H groups in total. The Morgan fingerprint density at radius 2 is 1.92 bits per heavy atom. The third-order valence-corrected chi connectivity index (χ3v) is 3.90. The number of amides is 2. The first-order valence-electron chi connectivity index (χ1n) is 7.82. The second-order valence-corrected chi connectivity index (χ2v) is 5.62. The number of nitrogens with one attached hydrogen (secondary N) is 1. The molecule has 2 aromatic carbocycles. The van der Waals surface area contributed by atoms with Gasteiger partial charge < -0.3 is 15.0 Å². The predicted molar refractivity (Wildman–Crippen MR) is 87.1 cm³/mol. The molecule has 4 nitrogen and oxygen atoms in total. The van der Waals surface area contributed by atoms with Crippen LogP contribution in [-0.2, 0) is 13.0 Å². The van der Waals surface area contributed by atoms with E-state index in [1.54, 1.807) is 4.90 Å². The number of hydrogen-bond donors (Lipinski definition) is 1. The van der Waals surface area contributed by atoms with Crippen molar-refractivity contribution in [3.05, 3.63) is 59.2 Å². The molecule has 1 aliphatic heterocycles. The minimum atomic E-state index is -0.726. The molecule has 24 heavy (non-hydrogen) atoms. The average Bonchev–Trinajstić information content (AvgIpc) is 2.53. The van der Waals surface area contributed by atoms with Crippen LogP contribution in [0.15, 0.2) is 36.4 Å². The molecular formula is C18H18F2N2O2. The zero-order valence-corrected chi connectivity index (χ0v) is 13.3. The van der Waals surface area contributed by atoms with Crippen LogP contribution in [0.3, 0.4) is 0 Å². The number of halogens is 2. The highest BCUT2D eigenvalue weighted by Crippen LogP contribution is 2.24. The summed E-state index contributed by atoms with van der Waals surface area (Å²) in [6.45, 7) is 3.47. The minimum Gasteiger partial charge on any atom is -0.494 e. The topological polar surface area (TPSA) is 41.6 Å². The summed E-state index contributed by atoms with van der Waals surface area (Å²) in [5.74, 6) is -0.683. The molecule has 0 atom stereocenters. The molecule has 126 valence electrons. The van der Waals surface area contributed by atoms with Gasteiger partial charge in [0, 0.05) is 24.8 Å². The summed E-state index contributed by atoms with van der Waals surface area (Å²) in [7, 11) is 0. The molecule has 2 aromatic rings. The number of hydrogen-bond acceptors (Lipinski definition) is 2. The van der Waals surface area contributed by atoms with Crippen molar-refractivity contribution in [2.24, 2.45) is 0 Å². The van der Waals surface area contributed by atoms with Crippen molar-refractivity contribution in [3.63, 3.8) is 0 Å². The molecule has 2 amide bonds. The molecule has 0 aromatic heterocycles. The largest absolute Gasteiger partial charge is 0.494 e. The molecule has 1 aliphatic rings. The summed E-state index contributed by atoms with van der Waals surface area (Å²) in [5.41, 5.74) is 2.30. The standard InChI is InChI=1S/C18H18F2N2O2/c1-2-24-17-4-3-12-5-6-22(11-13(12)7-17)18(23)21-16-9-14(19)8-15(20)10-16/h3-4,7-10H,2,5-6,11H2,1H3,(H,21,23). The molecule has 0 radical (unpaired) electrons. The van der Waals surface area contributed by atoms with Crippen LogP contribution in [0.1, 0.15) is 18.1 Å². The Morgan fingerprint density at radius 1 is 1.17 bits per heavy atom. The van der Waals surface area contributed by atoms with E-state index in [1.165, 1.54) is 5.56 Å². The number of carbonyl (C=O) groups is 1. The number of carbonyl (C=O) groups excluding carboxylic acids is 1. The van der Waals surface area contributed by atoms with E-state index >= 15 is 0 Å². The van der Waals surface area contributed by atoms with Gasteiger partial charge in [-0.25, -0.2) is 13.6 Å². The summed E-state index contributed by atoms with van der Waals surface area (Å²) in [5, 5.41) is 2.54. The fourth-order valence-electron chi connectivity index (χ4n) is 2.79. The van der Waals surface area contributed by atoms with Crippen LogP contribution in [0, 0.1) is 11.6 Å². The summed E-state index contributed by atoms with van der Waals surface area (Å²) < 4.78 is 31.9. The van der Waals surface area contributed by atoms with Gasteiger partial charge in [-0.05, 0) is 48.7 Å². The smallest absolute Gasteiger partial charge is 0.322 e. The highest BCUT2D eigenvalue weighted by Gasteiger charge is 2.21. The lowest BCUT2D eigenvalue weighted by molar-refractivity contribution is 0.206. The summed E-state index contributed by atoms with van der Waals surface area (Å²) >= 11 is 0. The number of nitrogens with zero attached hydrogens (tertiary/aromatic N) is 1. The third-order valence-electron chi connectivity index (χ3n) is 3.90. The number of urea groups is 1. The van der Waals surface area contributed by atoms with Crippen LogP contribution in [0.25, 0.3) is 0 Å². The number of rotatable bonds is 3. The molecule has 6 heteroatoms. The van der Waals surface area contributed by atoms with Crippen molar-refractivity contribution < 1.29 is 18.3 Å². The Kier molecular flexibility index (Phi) is 4.64. The van der Waals surface area contributed by atoms with Crippen molar-refractivity contribution in [1.82, 2.24) is 4.90 Å². The van der Waals surface area contributed by atoms with Gasteiger partial charge in [-0.2, -0.15) is 0 Å². The van der Waals surface area contributed by atoms with Crippen LogP contribution in [0.4, 0.5) is 19.3 Å². The van der Waals surface area contributed by atoms with Gasteiger partial charge in [0.15, 0.2) is 0 Å². The first-order chi connectivity index (χ1) is 11.5. The fraction of sp³-hybridized carbons (Fsp3) is 0.278. The first kappa shape index (κ1) is 16.2. The summed E-state index contributed by atoms with van der Waals surface area (Å²) in [6.07, 6.45) is 0.729. The van der Waals surface area contributed by atoms with Gasteiger partial charge in [-0.3, -0.25) is 0 Å². The zero-order chi connectivity index (χ0) is 17.1. The van der Waals surface area contributed by atoms with Gasteiger partial charge in [0.1, 0.15) is 17.4 Å². The lowest BCUT2D eigenvalue weighted by Crippen LogP contribution is -2.38. The van der Waals surface area contributed by atoms with Crippen LogP contribution in [0.5, 0.6) is 5.75 Å².